The van der Waals surface area contributed by atoms with E-state index in [9.17, 15) is 43.9 Å². The highest BCUT2D eigenvalue weighted by atomic mass is 16.3. The van der Waals surface area contributed by atoms with E-state index in [4.69, 9.17) is 61.4 Å². The summed E-state index contributed by atoms with van der Waals surface area (Å²) >= 11 is 0. The highest BCUT2D eigenvalue weighted by Crippen LogP contribution is 2.19. The second-order valence-electron chi connectivity index (χ2n) is 14.7. The maximum Gasteiger partial charge on any atom is 0.270 e. The first-order valence-electron chi connectivity index (χ1n) is 20.0. The van der Waals surface area contributed by atoms with Crippen LogP contribution in [0.5, 0.6) is 0 Å². The molecular formula is C39H49N23O8. The molecule has 8 unspecified atom stereocenters. The van der Waals surface area contributed by atoms with Crippen LogP contribution in [0.25, 0.3) is 22.4 Å². The van der Waals surface area contributed by atoms with Crippen LogP contribution in [0.1, 0.15) is 11.6 Å². The van der Waals surface area contributed by atoms with Gasteiger partial charge >= 0.3 is 0 Å². The zero-order valence-corrected chi connectivity index (χ0v) is 36.3. The lowest BCUT2D eigenvalue weighted by molar-refractivity contribution is -0.137. The summed E-state index contributed by atoms with van der Waals surface area (Å²) in [5.41, 5.74) is 32.3. The van der Waals surface area contributed by atoms with Gasteiger partial charge in [-0.1, -0.05) is 60.7 Å². The minimum absolute atomic E-state index is 0.0797. The zero-order chi connectivity index (χ0) is 52.0. The van der Waals surface area contributed by atoms with Gasteiger partial charge in [0.1, 0.15) is 11.9 Å². The number of amidine groups is 1. The molecule has 0 bridgehead atoms. The van der Waals surface area contributed by atoms with E-state index in [-0.39, 0.29) is 11.1 Å². The van der Waals surface area contributed by atoms with Gasteiger partial charge in [-0.2, -0.15) is 5.26 Å². The van der Waals surface area contributed by atoms with Gasteiger partial charge < -0.3 is 98.0 Å². The predicted molar refractivity (Wildman–Crippen MR) is 248 cm³/mol. The maximum atomic E-state index is 14.0. The molecule has 1 aliphatic rings. The van der Waals surface area contributed by atoms with Gasteiger partial charge in [-0.25, -0.2) is 0 Å². The topological polar surface area (TPSA) is 571 Å². The van der Waals surface area contributed by atoms with E-state index in [0.717, 1.165) is 10.8 Å². The third kappa shape index (κ3) is 14.2. The van der Waals surface area contributed by atoms with Crippen LogP contribution >= 0.6 is 0 Å². The van der Waals surface area contributed by atoms with Crippen LogP contribution in [0.2, 0.25) is 0 Å². The Morgan fingerprint density at radius 2 is 0.957 bits per heavy atom. The number of hydrogen-bond donors (Lipinski definition) is 23. The number of nitriles is 1. The number of carbonyl (C=O) groups is 7. The average Bonchev–Trinajstić information content (AvgIpc) is 3.65. The van der Waals surface area contributed by atoms with E-state index in [1.807, 2.05) is 56.9 Å². The number of amides is 7. The van der Waals surface area contributed by atoms with Crippen molar-refractivity contribution in [3.8, 4) is 6.07 Å². The van der Waals surface area contributed by atoms with E-state index < -0.39 is 120 Å². The number of benzene rings is 3. The van der Waals surface area contributed by atoms with Gasteiger partial charge in [0.2, 0.25) is 12.1 Å². The number of guanidine groups is 4. The van der Waals surface area contributed by atoms with Crippen LogP contribution < -0.4 is 103 Å². The molecule has 29 N–H and O–H groups in total. The molecule has 0 saturated carbocycles. The highest BCUT2D eigenvalue weighted by molar-refractivity contribution is 6.03. The molecule has 368 valence electrons. The molecule has 0 saturated heterocycles. The Morgan fingerprint density at radius 1 is 0.543 bits per heavy atom. The quantitative estimate of drug-likeness (QED) is 0.0284. The molecule has 0 heterocycles. The summed E-state index contributed by atoms with van der Waals surface area (Å²) in [6, 6.07) is 18.7. The van der Waals surface area contributed by atoms with Gasteiger partial charge in [-0.05, 0) is 38.9 Å². The lowest BCUT2D eigenvalue weighted by Gasteiger charge is -2.28. The number of nitrogens with two attached hydrogens (primary N) is 6. The number of aliphatic hydroxyl groups excluding tert-OH is 1. The Morgan fingerprint density at radius 3 is 1.39 bits per heavy atom. The van der Waals surface area contributed by atoms with Gasteiger partial charge in [0, 0.05) is 0 Å². The number of carbonyl (C=O) groups excluding carboxylic acids is 7. The summed E-state index contributed by atoms with van der Waals surface area (Å²) in [4.78, 5) is 92.3. The Hall–Kier alpha value is -10.1. The minimum atomic E-state index is -2.19. The number of aliphatic hydroxyl groups is 1. The highest BCUT2D eigenvalue weighted by Gasteiger charge is 2.35. The second kappa shape index (κ2) is 23.4. The average molecular weight is 968 g/mol. The van der Waals surface area contributed by atoms with Crippen molar-refractivity contribution in [3.63, 3.8) is 0 Å². The fourth-order valence-corrected chi connectivity index (χ4v) is 6.39. The van der Waals surface area contributed by atoms with E-state index >= 15 is 0 Å². The SMILES string of the molecule is N#CC1=c2cc3ccccc3cc2=CC1C(=N)NC(O)C(=O)NC(C(=O)NC(NC(=N)N)C(=O)NC(NC(=N)N)C(=O)NC(NC(=N)N)C(=O)NC(NC(=N)N)C(=O)NC(N)C(N)=O)c1ccccc1. The van der Waals surface area contributed by atoms with Crippen molar-refractivity contribution in [2.75, 3.05) is 0 Å². The van der Waals surface area contributed by atoms with Crippen LogP contribution in [0.15, 0.2) is 66.7 Å². The molecule has 7 amide bonds. The third-order valence-electron chi connectivity index (χ3n) is 9.52. The number of nitrogens with zero attached hydrogens (tertiary/aromatic N) is 1. The van der Waals surface area contributed by atoms with E-state index in [2.05, 4.69) is 38.0 Å². The Balaban J connectivity index is 1.53. The normalized spacial score (nSPS) is 15.2. The first-order chi connectivity index (χ1) is 33.0. The predicted octanol–water partition coefficient (Wildman–Crippen LogP) is -9.75. The standard InChI is InChI=1S/C39H49N23O8/c40-13-20-18-11-16-9-5-4-8-15(16)10-17(18)12-19(20)22(41)53-35(70)34(69)52-21(14-6-2-1-3-7-14)29(64)55-26(60-37(46)47)31(66)57-28(62-39(50)51)33(68)58-27(61-38(48)49)32(67)56-25(59-36(44)45)30(65)54-23(42)24(43)63/h1-12,19,21,23,25-28,35,70H,42H2,(H2,41,53)(H2,43,63)(H,52,69)(H,54,65)(H,55,64)(H,56,67)(H,57,66)(H,58,68)(H4,44,45,59)(H4,46,47,60)(H4,48,49,61)(H4,50,51,62). The van der Waals surface area contributed by atoms with Crippen molar-refractivity contribution < 1.29 is 38.7 Å². The molecule has 0 spiro atoms. The van der Waals surface area contributed by atoms with Crippen LogP contribution in [0, 0.1) is 44.3 Å². The molecule has 70 heavy (non-hydrogen) atoms. The fraction of sp³-hybridized carbons (Fsp3) is 0.205. The minimum Gasteiger partial charge on any atom is -0.370 e. The van der Waals surface area contributed by atoms with Gasteiger partial charge in [0.05, 0.1) is 17.6 Å². The molecule has 0 aliphatic heterocycles. The van der Waals surface area contributed by atoms with Crippen LogP contribution in [-0.4, -0.2) is 113 Å². The van der Waals surface area contributed by atoms with Crippen molar-refractivity contribution in [1.82, 2.24) is 58.5 Å². The van der Waals surface area contributed by atoms with E-state index in [0.29, 0.717) is 10.4 Å². The number of primary amides is 1. The summed E-state index contributed by atoms with van der Waals surface area (Å²) in [6.07, 6.45) is -10.7. The molecule has 0 aromatic heterocycles. The Labute approximate surface area is 394 Å². The molecule has 3 aromatic rings. The number of fused-ring (bicyclic) bond motifs is 2. The van der Waals surface area contributed by atoms with Crippen LogP contribution in [0.3, 0.4) is 0 Å². The molecule has 8 atom stereocenters. The summed E-state index contributed by atoms with van der Waals surface area (Å²) in [6.45, 7) is 0. The Bertz CT molecular complexity index is 2800. The molecule has 0 radical (unpaired) electrons. The molecule has 4 rings (SSSR count). The summed E-state index contributed by atoms with van der Waals surface area (Å²) < 4.78 is 0. The third-order valence-corrected chi connectivity index (χ3v) is 9.52. The van der Waals surface area contributed by atoms with Crippen molar-refractivity contribution >= 4 is 93.4 Å². The van der Waals surface area contributed by atoms with Gasteiger partial charge in [-0.15, -0.1) is 0 Å². The van der Waals surface area contributed by atoms with Crippen molar-refractivity contribution in [1.29, 1.82) is 32.3 Å². The first kappa shape index (κ1) is 52.5. The smallest absolute Gasteiger partial charge is 0.270 e. The monoisotopic (exact) mass is 967 g/mol. The number of nitrogens with one attached hydrogen (secondary N) is 16. The molecule has 31 heteroatoms. The summed E-state index contributed by atoms with van der Waals surface area (Å²) in [5, 5.41) is 86.3. The first-order valence-corrected chi connectivity index (χ1v) is 20.0. The lowest BCUT2D eigenvalue weighted by atomic mass is 10.0. The molecular weight excluding hydrogens is 919 g/mol. The van der Waals surface area contributed by atoms with Crippen molar-refractivity contribution in [2.24, 2.45) is 40.3 Å². The summed E-state index contributed by atoms with van der Waals surface area (Å²) in [5.74, 6) is -14.3. The zero-order valence-electron chi connectivity index (χ0n) is 36.3. The Kier molecular flexibility index (Phi) is 17.6. The maximum absolute atomic E-state index is 14.0. The molecule has 3 aromatic carbocycles. The van der Waals surface area contributed by atoms with E-state index in [1.54, 1.807) is 18.2 Å². The van der Waals surface area contributed by atoms with E-state index in [1.165, 1.54) is 24.3 Å². The second-order valence-corrected chi connectivity index (χ2v) is 14.7. The van der Waals surface area contributed by atoms with Crippen LogP contribution in [0.4, 0.5) is 0 Å². The van der Waals surface area contributed by atoms with Gasteiger partial charge in [-0.3, -0.25) is 60.6 Å². The fourth-order valence-electron chi connectivity index (χ4n) is 6.39. The van der Waals surface area contributed by atoms with Crippen molar-refractivity contribution in [3.05, 3.63) is 82.7 Å². The van der Waals surface area contributed by atoms with Gasteiger partial charge in [0.25, 0.3) is 35.4 Å². The summed E-state index contributed by atoms with van der Waals surface area (Å²) in [7, 11) is 0. The molecule has 1 aliphatic carbocycles. The largest absolute Gasteiger partial charge is 0.370 e. The van der Waals surface area contributed by atoms with Gasteiger partial charge in [0.15, 0.2) is 54.7 Å². The number of rotatable bonds is 20. The van der Waals surface area contributed by atoms with Crippen LogP contribution in [-0.2, 0) is 33.6 Å². The molecule has 31 nitrogen and oxygen atoms in total. The number of hydrogen-bond acceptors (Lipinski definition) is 15. The molecule has 0 fully saturated rings. The lowest BCUT2D eigenvalue weighted by Crippen LogP contribution is -2.69. The van der Waals surface area contributed by atoms with Crippen molar-refractivity contribution in [2.45, 2.75) is 43.1 Å².